The number of hydrogen-bond acceptors (Lipinski definition) is 8. The number of ether oxygens (including phenoxy) is 3. The summed E-state index contributed by atoms with van der Waals surface area (Å²) < 4.78 is 15.6. The third kappa shape index (κ3) is 3.89. The van der Waals surface area contributed by atoms with Gasteiger partial charge in [-0.25, -0.2) is 9.59 Å². The monoisotopic (exact) mass is 499 g/mol. The zero-order chi connectivity index (χ0) is 24.9. The van der Waals surface area contributed by atoms with Gasteiger partial charge in [0.15, 0.2) is 11.5 Å². The van der Waals surface area contributed by atoms with Crippen LogP contribution >= 0.6 is 11.3 Å². The van der Waals surface area contributed by atoms with Gasteiger partial charge in [-0.15, -0.1) is 11.3 Å². The van der Waals surface area contributed by atoms with Gasteiger partial charge in [-0.1, -0.05) is 13.0 Å². The standard InChI is InChI=1S/C24H25N3O7S/c1-12-4-6-14-17(8-12)35-20(19(14)21(29)32-3)25-18(28)10-27-22(30)24(2,26-23(27)31)13-5-7-15-16(9-13)34-11-33-15/h5,7,9,12H,4,6,8,10-11H2,1-3H3,(H,25,28)(H,26,31)/t12-,24+/m1/s1. The molecule has 10 nitrogen and oxygen atoms in total. The van der Waals surface area contributed by atoms with Crippen molar-refractivity contribution in [1.82, 2.24) is 10.2 Å². The molecule has 2 atom stereocenters. The molecule has 4 amide bonds. The molecule has 0 unspecified atom stereocenters. The zero-order valence-corrected chi connectivity index (χ0v) is 20.4. The van der Waals surface area contributed by atoms with Crippen LogP contribution in [-0.2, 0) is 32.7 Å². The highest BCUT2D eigenvalue weighted by molar-refractivity contribution is 7.17. The number of amides is 4. The second kappa shape index (κ2) is 8.56. The number of anilines is 1. The predicted molar refractivity (Wildman–Crippen MR) is 126 cm³/mol. The van der Waals surface area contributed by atoms with Crippen molar-refractivity contribution < 1.29 is 33.4 Å². The summed E-state index contributed by atoms with van der Waals surface area (Å²) >= 11 is 1.34. The van der Waals surface area contributed by atoms with E-state index < -0.39 is 35.9 Å². The van der Waals surface area contributed by atoms with Crippen LogP contribution in [0.4, 0.5) is 9.80 Å². The average molecular weight is 500 g/mol. The summed E-state index contributed by atoms with van der Waals surface area (Å²) in [4.78, 5) is 53.3. The molecule has 1 aliphatic carbocycles. The molecule has 1 aromatic carbocycles. The van der Waals surface area contributed by atoms with Crippen LogP contribution in [0.1, 0.15) is 46.6 Å². The van der Waals surface area contributed by atoms with Crippen molar-refractivity contribution in [1.29, 1.82) is 0 Å². The van der Waals surface area contributed by atoms with Crippen LogP contribution in [0.15, 0.2) is 18.2 Å². The summed E-state index contributed by atoms with van der Waals surface area (Å²) in [6.45, 7) is 3.31. The van der Waals surface area contributed by atoms with E-state index in [-0.39, 0.29) is 6.79 Å². The molecule has 11 heteroatoms. The Balaban J connectivity index is 1.35. The van der Waals surface area contributed by atoms with Crippen LogP contribution in [0, 0.1) is 5.92 Å². The van der Waals surface area contributed by atoms with Crippen molar-refractivity contribution in [3.05, 3.63) is 39.8 Å². The van der Waals surface area contributed by atoms with Crippen molar-refractivity contribution in [2.75, 3.05) is 25.8 Å². The van der Waals surface area contributed by atoms with Crippen molar-refractivity contribution in [3.8, 4) is 11.5 Å². The maximum Gasteiger partial charge on any atom is 0.341 e. The fraction of sp³-hybridized carbons (Fsp3) is 0.417. The van der Waals surface area contributed by atoms with Gasteiger partial charge in [0, 0.05) is 4.88 Å². The molecule has 1 saturated heterocycles. The number of imide groups is 1. The lowest BCUT2D eigenvalue weighted by molar-refractivity contribution is -0.133. The van der Waals surface area contributed by atoms with Gasteiger partial charge in [-0.3, -0.25) is 14.5 Å². The Morgan fingerprint density at radius 1 is 1.29 bits per heavy atom. The summed E-state index contributed by atoms with van der Waals surface area (Å²) in [5.41, 5.74) is 0.403. The van der Waals surface area contributed by atoms with Gasteiger partial charge in [-0.2, -0.15) is 0 Å². The van der Waals surface area contributed by atoms with Crippen molar-refractivity contribution in [3.63, 3.8) is 0 Å². The Morgan fingerprint density at radius 3 is 2.83 bits per heavy atom. The van der Waals surface area contributed by atoms with E-state index in [1.165, 1.54) is 18.4 Å². The number of carbonyl (C=O) groups excluding carboxylic acids is 4. The maximum atomic E-state index is 13.3. The molecular weight excluding hydrogens is 474 g/mol. The molecule has 2 aliphatic heterocycles. The second-order valence-corrected chi connectivity index (χ2v) is 10.2. The number of urea groups is 1. The van der Waals surface area contributed by atoms with Crippen LogP contribution in [0.3, 0.4) is 0 Å². The first kappa shape index (κ1) is 23.2. The molecular formula is C24H25N3O7S. The molecule has 1 aromatic heterocycles. The molecule has 2 N–H and O–H groups in total. The van der Waals surface area contributed by atoms with Gasteiger partial charge >= 0.3 is 12.0 Å². The molecule has 184 valence electrons. The first-order valence-electron chi connectivity index (χ1n) is 11.3. The van der Waals surface area contributed by atoms with Gasteiger partial charge in [0.1, 0.15) is 17.1 Å². The van der Waals surface area contributed by atoms with Gasteiger partial charge in [0.2, 0.25) is 12.7 Å². The Hall–Kier alpha value is -3.60. The summed E-state index contributed by atoms with van der Waals surface area (Å²) in [6.07, 6.45) is 2.50. The van der Waals surface area contributed by atoms with E-state index in [0.29, 0.717) is 33.5 Å². The van der Waals surface area contributed by atoms with Crippen LogP contribution in [-0.4, -0.2) is 49.2 Å². The van der Waals surface area contributed by atoms with E-state index in [4.69, 9.17) is 14.2 Å². The van der Waals surface area contributed by atoms with Gasteiger partial charge in [0.25, 0.3) is 5.91 Å². The molecule has 0 radical (unpaired) electrons. The summed E-state index contributed by atoms with van der Waals surface area (Å²) in [6, 6.07) is 4.31. The SMILES string of the molecule is COC(=O)c1c(NC(=O)CN2C(=O)N[C@@](C)(c3ccc4c(c3)OCO4)C2=O)sc2c1CC[C@@H](C)C2. The van der Waals surface area contributed by atoms with Crippen LogP contribution < -0.4 is 20.1 Å². The molecule has 0 bridgehead atoms. The van der Waals surface area contributed by atoms with Crippen LogP contribution in [0.25, 0.3) is 0 Å². The second-order valence-electron chi connectivity index (χ2n) is 9.11. The Kier molecular flexibility index (Phi) is 5.66. The number of carbonyl (C=O) groups is 4. The average Bonchev–Trinajstić information content (AvgIpc) is 3.49. The van der Waals surface area contributed by atoms with E-state index in [1.54, 1.807) is 25.1 Å². The molecule has 35 heavy (non-hydrogen) atoms. The highest BCUT2D eigenvalue weighted by Gasteiger charge is 2.50. The first-order valence-corrected chi connectivity index (χ1v) is 12.1. The number of thiophene rings is 1. The predicted octanol–water partition coefficient (Wildman–Crippen LogP) is 2.79. The lowest BCUT2D eigenvalue weighted by Gasteiger charge is -2.22. The Morgan fingerprint density at radius 2 is 2.06 bits per heavy atom. The fourth-order valence-electron chi connectivity index (χ4n) is 4.71. The Labute approximate surface area is 205 Å². The lowest BCUT2D eigenvalue weighted by Crippen LogP contribution is -2.42. The molecule has 3 heterocycles. The summed E-state index contributed by atoms with van der Waals surface area (Å²) in [5.74, 6) is -0.148. The minimum Gasteiger partial charge on any atom is -0.465 e. The summed E-state index contributed by atoms with van der Waals surface area (Å²) in [7, 11) is 1.30. The van der Waals surface area contributed by atoms with E-state index in [1.807, 2.05) is 0 Å². The van der Waals surface area contributed by atoms with Gasteiger partial charge in [0.05, 0.1) is 12.7 Å². The topological polar surface area (TPSA) is 123 Å². The van der Waals surface area contributed by atoms with Crippen molar-refractivity contribution in [2.45, 2.75) is 38.6 Å². The minimum absolute atomic E-state index is 0.0841. The maximum absolute atomic E-state index is 13.3. The van der Waals surface area contributed by atoms with E-state index in [0.717, 1.165) is 34.6 Å². The first-order chi connectivity index (χ1) is 16.7. The zero-order valence-electron chi connectivity index (χ0n) is 19.6. The highest BCUT2D eigenvalue weighted by Crippen LogP contribution is 2.40. The number of benzene rings is 1. The van der Waals surface area contributed by atoms with Gasteiger partial charge < -0.3 is 24.8 Å². The third-order valence-corrected chi connectivity index (χ3v) is 7.85. The molecule has 2 aromatic rings. The highest BCUT2D eigenvalue weighted by atomic mass is 32.1. The number of rotatable bonds is 5. The quantitative estimate of drug-likeness (QED) is 0.479. The minimum atomic E-state index is -1.37. The number of fused-ring (bicyclic) bond motifs is 2. The summed E-state index contributed by atoms with van der Waals surface area (Å²) in [5, 5.41) is 5.80. The van der Waals surface area contributed by atoms with E-state index >= 15 is 0 Å². The molecule has 3 aliphatic rings. The smallest absolute Gasteiger partial charge is 0.341 e. The molecule has 0 saturated carbocycles. The largest absolute Gasteiger partial charge is 0.465 e. The third-order valence-electron chi connectivity index (χ3n) is 6.68. The van der Waals surface area contributed by atoms with E-state index in [9.17, 15) is 19.2 Å². The normalized spacial score (nSPS) is 22.6. The Bertz CT molecular complexity index is 1260. The van der Waals surface area contributed by atoms with Crippen molar-refractivity contribution in [2.24, 2.45) is 5.92 Å². The van der Waals surface area contributed by atoms with Crippen LogP contribution in [0.5, 0.6) is 11.5 Å². The van der Waals surface area contributed by atoms with Gasteiger partial charge in [-0.05, 0) is 55.4 Å². The fourth-order valence-corrected chi connectivity index (χ4v) is 6.13. The van der Waals surface area contributed by atoms with E-state index in [2.05, 4.69) is 17.6 Å². The molecule has 1 fully saturated rings. The van der Waals surface area contributed by atoms with Crippen molar-refractivity contribution >= 4 is 40.2 Å². The number of hydrogen-bond donors (Lipinski definition) is 2. The molecule has 5 rings (SSSR count). The van der Waals surface area contributed by atoms with Crippen LogP contribution in [0.2, 0.25) is 0 Å². The molecule has 0 spiro atoms. The lowest BCUT2D eigenvalue weighted by atomic mass is 9.88. The number of nitrogens with zero attached hydrogens (tertiary/aromatic N) is 1. The number of nitrogens with one attached hydrogen (secondary N) is 2. The number of esters is 1. The number of methoxy groups -OCH3 is 1.